The van der Waals surface area contributed by atoms with Crippen LogP contribution in [-0.2, 0) is 21.2 Å². The van der Waals surface area contributed by atoms with E-state index in [-0.39, 0.29) is 47.4 Å². The molecule has 1 fully saturated rings. The SMILES string of the molecule is CC[C@H](C)N(C(=O)Cn1nc(C)c([N+](=O)[O-])c1C)[C@H]1CCS(=O)(=O)C1. The molecule has 0 aliphatic carbocycles. The Labute approximate surface area is 147 Å². The van der Waals surface area contributed by atoms with Gasteiger partial charge in [-0.05, 0) is 33.6 Å². The molecule has 1 aliphatic rings. The monoisotopic (exact) mass is 372 g/mol. The molecule has 1 saturated heterocycles. The maximum Gasteiger partial charge on any atom is 0.312 e. The number of nitro groups is 1. The Bertz CT molecular complexity index is 786. The molecule has 0 aromatic carbocycles. The standard InChI is InChI=1S/C15H24N4O5S/c1-5-10(2)18(13-6-7-25(23,24)9-13)14(20)8-17-12(4)15(19(21)22)11(3)16-17/h10,13H,5-9H2,1-4H3/t10-,13-/m0/s1. The Morgan fingerprint density at radius 3 is 2.56 bits per heavy atom. The first-order chi connectivity index (χ1) is 11.6. The molecule has 140 valence electrons. The number of carbonyl (C=O) groups excluding carboxylic acids is 1. The first kappa shape index (κ1) is 19.4. The molecule has 9 nitrogen and oxygen atoms in total. The normalized spacial score (nSPS) is 20.4. The van der Waals surface area contributed by atoms with Crippen LogP contribution in [0.1, 0.15) is 38.1 Å². The zero-order valence-electron chi connectivity index (χ0n) is 14.9. The number of hydrogen-bond acceptors (Lipinski definition) is 6. The summed E-state index contributed by atoms with van der Waals surface area (Å²) in [4.78, 5) is 25.1. The molecule has 0 bridgehead atoms. The van der Waals surface area contributed by atoms with Crippen LogP contribution in [-0.4, -0.2) is 57.5 Å². The van der Waals surface area contributed by atoms with Crippen LogP contribution in [0.3, 0.4) is 0 Å². The fourth-order valence-corrected chi connectivity index (χ4v) is 5.03. The van der Waals surface area contributed by atoms with E-state index in [1.165, 1.54) is 11.6 Å². The lowest BCUT2D eigenvalue weighted by Gasteiger charge is -2.33. The lowest BCUT2D eigenvalue weighted by molar-refractivity contribution is -0.386. The quantitative estimate of drug-likeness (QED) is 0.548. The van der Waals surface area contributed by atoms with Gasteiger partial charge in [0.05, 0.1) is 16.4 Å². The minimum absolute atomic E-state index is 0.0274. The predicted molar refractivity (Wildman–Crippen MR) is 92.0 cm³/mol. The van der Waals surface area contributed by atoms with Gasteiger partial charge in [-0.15, -0.1) is 0 Å². The van der Waals surface area contributed by atoms with Gasteiger partial charge < -0.3 is 4.90 Å². The van der Waals surface area contributed by atoms with Gasteiger partial charge in [0.1, 0.15) is 17.9 Å². The summed E-state index contributed by atoms with van der Waals surface area (Å²) in [7, 11) is -3.12. The molecule has 0 spiro atoms. The van der Waals surface area contributed by atoms with Crippen molar-refractivity contribution in [3.05, 3.63) is 21.5 Å². The smallest absolute Gasteiger partial charge is 0.312 e. The highest BCUT2D eigenvalue weighted by atomic mass is 32.2. The van der Waals surface area contributed by atoms with E-state index in [1.807, 2.05) is 13.8 Å². The van der Waals surface area contributed by atoms with Crippen LogP contribution >= 0.6 is 0 Å². The highest BCUT2D eigenvalue weighted by molar-refractivity contribution is 7.91. The van der Waals surface area contributed by atoms with E-state index < -0.39 is 14.8 Å². The second-order valence-electron chi connectivity index (χ2n) is 6.55. The number of nitrogens with zero attached hydrogens (tertiary/aromatic N) is 4. The van der Waals surface area contributed by atoms with Crippen molar-refractivity contribution in [2.75, 3.05) is 11.5 Å². The molecule has 2 rings (SSSR count). The topological polar surface area (TPSA) is 115 Å². The number of hydrogen-bond donors (Lipinski definition) is 0. The Morgan fingerprint density at radius 2 is 2.12 bits per heavy atom. The first-order valence-corrected chi connectivity index (χ1v) is 10.1. The van der Waals surface area contributed by atoms with E-state index in [9.17, 15) is 23.3 Å². The summed E-state index contributed by atoms with van der Waals surface area (Å²) in [5.74, 6) is -0.208. The van der Waals surface area contributed by atoms with Gasteiger partial charge in [0, 0.05) is 12.1 Å². The molecule has 0 saturated carbocycles. The van der Waals surface area contributed by atoms with E-state index in [4.69, 9.17) is 0 Å². The highest BCUT2D eigenvalue weighted by Gasteiger charge is 2.37. The van der Waals surface area contributed by atoms with E-state index in [0.717, 1.165) is 0 Å². The van der Waals surface area contributed by atoms with Crippen molar-refractivity contribution in [3.63, 3.8) is 0 Å². The minimum atomic E-state index is -3.12. The van der Waals surface area contributed by atoms with Gasteiger partial charge in [0.2, 0.25) is 5.91 Å². The number of aromatic nitrogens is 2. The summed E-state index contributed by atoms with van der Waals surface area (Å²) >= 11 is 0. The number of aryl methyl sites for hydroxylation is 1. The second-order valence-corrected chi connectivity index (χ2v) is 8.78. The van der Waals surface area contributed by atoms with Crippen LogP contribution in [0.15, 0.2) is 0 Å². The van der Waals surface area contributed by atoms with Crippen LogP contribution in [0.5, 0.6) is 0 Å². The average Bonchev–Trinajstić information content (AvgIpc) is 2.98. The van der Waals surface area contributed by atoms with Gasteiger partial charge >= 0.3 is 5.69 Å². The summed E-state index contributed by atoms with van der Waals surface area (Å²) in [5, 5.41) is 15.2. The molecule has 0 unspecified atom stereocenters. The van der Waals surface area contributed by atoms with Gasteiger partial charge in [-0.1, -0.05) is 6.92 Å². The number of carbonyl (C=O) groups is 1. The molecule has 0 N–H and O–H groups in total. The lowest BCUT2D eigenvalue weighted by atomic mass is 10.1. The van der Waals surface area contributed by atoms with Crippen LogP contribution in [0, 0.1) is 24.0 Å². The molecule has 0 radical (unpaired) electrons. The maximum absolute atomic E-state index is 12.9. The zero-order chi connectivity index (χ0) is 18.9. The number of sulfone groups is 1. The van der Waals surface area contributed by atoms with Crippen LogP contribution < -0.4 is 0 Å². The summed E-state index contributed by atoms with van der Waals surface area (Å²) in [6.07, 6.45) is 1.12. The summed E-state index contributed by atoms with van der Waals surface area (Å²) < 4.78 is 24.9. The predicted octanol–water partition coefficient (Wildman–Crippen LogP) is 1.22. The fraction of sp³-hybridized carbons (Fsp3) is 0.733. The summed E-state index contributed by atoms with van der Waals surface area (Å²) in [5.41, 5.74) is 0.485. The molecule has 1 amide bonds. The van der Waals surface area contributed by atoms with Crippen molar-refractivity contribution in [2.24, 2.45) is 0 Å². The van der Waals surface area contributed by atoms with Gasteiger partial charge in [-0.3, -0.25) is 19.6 Å². The van der Waals surface area contributed by atoms with Crippen molar-refractivity contribution in [1.29, 1.82) is 0 Å². The van der Waals surface area contributed by atoms with E-state index in [0.29, 0.717) is 18.5 Å². The molecule has 2 atom stereocenters. The Balaban J connectivity index is 2.27. The Kier molecular flexibility index (Phi) is 5.50. The Morgan fingerprint density at radius 1 is 1.48 bits per heavy atom. The van der Waals surface area contributed by atoms with Crippen molar-refractivity contribution >= 4 is 21.4 Å². The first-order valence-electron chi connectivity index (χ1n) is 8.27. The van der Waals surface area contributed by atoms with Gasteiger partial charge in [-0.2, -0.15) is 5.10 Å². The van der Waals surface area contributed by atoms with E-state index >= 15 is 0 Å². The largest absolute Gasteiger partial charge is 0.334 e. The number of rotatable bonds is 6. The zero-order valence-corrected chi connectivity index (χ0v) is 15.7. The molecule has 25 heavy (non-hydrogen) atoms. The average molecular weight is 372 g/mol. The molecule has 2 heterocycles. The third-order valence-electron chi connectivity index (χ3n) is 4.77. The van der Waals surface area contributed by atoms with Gasteiger partial charge in [0.15, 0.2) is 9.84 Å². The minimum Gasteiger partial charge on any atom is -0.334 e. The van der Waals surface area contributed by atoms with Crippen LogP contribution in [0.25, 0.3) is 0 Å². The van der Waals surface area contributed by atoms with Crippen LogP contribution in [0.4, 0.5) is 5.69 Å². The van der Waals surface area contributed by atoms with Crippen molar-refractivity contribution in [3.8, 4) is 0 Å². The molecule has 1 aliphatic heterocycles. The molecule has 1 aromatic rings. The number of amides is 1. The van der Waals surface area contributed by atoms with Crippen molar-refractivity contribution < 1.29 is 18.1 Å². The van der Waals surface area contributed by atoms with E-state index in [2.05, 4.69) is 5.10 Å². The lowest BCUT2D eigenvalue weighted by Crippen LogP contribution is -2.48. The summed E-state index contributed by atoms with van der Waals surface area (Å²) in [6.45, 7) is 6.76. The maximum atomic E-state index is 12.9. The third-order valence-corrected chi connectivity index (χ3v) is 6.52. The fourth-order valence-electron chi connectivity index (χ4n) is 3.32. The van der Waals surface area contributed by atoms with Crippen LogP contribution in [0.2, 0.25) is 0 Å². The van der Waals surface area contributed by atoms with E-state index in [1.54, 1.807) is 11.8 Å². The molecule has 10 heteroatoms. The third kappa shape index (κ3) is 4.00. The molecule has 1 aromatic heterocycles. The highest BCUT2D eigenvalue weighted by Crippen LogP contribution is 2.24. The van der Waals surface area contributed by atoms with Gasteiger partial charge in [0.25, 0.3) is 0 Å². The van der Waals surface area contributed by atoms with Gasteiger partial charge in [-0.25, -0.2) is 8.42 Å². The van der Waals surface area contributed by atoms with Crippen molar-refractivity contribution in [1.82, 2.24) is 14.7 Å². The Hall–Kier alpha value is -1.97. The second kappa shape index (κ2) is 7.11. The van der Waals surface area contributed by atoms with Crippen molar-refractivity contribution in [2.45, 2.75) is 59.2 Å². The summed E-state index contributed by atoms with van der Waals surface area (Å²) in [6, 6.07) is -0.461. The molecular weight excluding hydrogens is 348 g/mol. The molecular formula is C15H24N4O5S.